The first-order chi connectivity index (χ1) is 6.65. The number of hydrogen-bond acceptors (Lipinski definition) is 3. The summed E-state index contributed by atoms with van der Waals surface area (Å²) in [6.45, 7) is 3.82. The average molecular weight is 197 g/mol. The lowest BCUT2D eigenvalue weighted by Crippen LogP contribution is -2.12. The van der Waals surface area contributed by atoms with Crippen molar-refractivity contribution in [1.29, 1.82) is 0 Å². The Kier molecular flexibility index (Phi) is 3.64. The number of H-pyrrole nitrogens is 1. The molecule has 0 unspecified atom stereocenters. The van der Waals surface area contributed by atoms with Crippen molar-refractivity contribution in [3.8, 4) is 0 Å². The van der Waals surface area contributed by atoms with Crippen LogP contribution in [0.15, 0.2) is 0 Å². The van der Waals surface area contributed by atoms with Crippen molar-refractivity contribution in [2.24, 2.45) is 0 Å². The van der Waals surface area contributed by atoms with Crippen LogP contribution >= 0.6 is 0 Å². The molecule has 0 atom stereocenters. The van der Waals surface area contributed by atoms with Crippen LogP contribution in [0.4, 0.5) is 5.82 Å². The van der Waals surface area contributed by atoms with Gasteiger partial charge in [0.1, 0.15) is 0 Å². The molecule has 0 bridgehead atoms. The van der Waals surface area contributed by atoms with E-state index in [1.54, 1.807) is 0 Å². The van der Waals surface area contributed by atoms with Gasteiger partial charge in [0.25, 0.3) is 0 Å². The number of aliphatic hydroxyl groups is 1. The van der Waals surface area contributed by atoms with Crippen molar-refractivity contribution in [1.82, 2.24) is 10.2 Å². The van der Waals surface area contributed by atoms with E-state index in [1.807, 2.05) is 13.8 Å². The Bertz CT molecular complexity index is 320. The quantitative estimate of drug-likeness (QED) is 0.666. The van der Waals surface area contributed by atoms with E-state index in [0.29, 0.717) is 18.7 Å². The maximum absolute atomic E-state index is 11.3. The van der Waals surface area contributed by atoms with Gasteiger partial charge in [-0.2, -0.15) is 5.10 Å². The van der Waals surface area contributed by atoms with Gasteiger partial charge < -0.3 is 10.4 Å². The third kappa shape index (κ3) is 2.56. The first-order valence-corrected chi connectivity index (χ1v) is 4.57. The summed E-state index contributed by atoms with van der Waals surface area (Å²) in [5.74, 6) is 0.457. The number of rotatable bonds is 4. The van der Waals surface area contributed by atoms with Gasteiger partial charge >= 0.3 is 0 Å². The molecule has 3 N–H and O–H groups in total. The first kappa shape index (κ1) is 10.7. The summed E-state index contributed by atoms with van der Waals surface area (Å²) in [5, 5.41) is 17.9. The van der Waals surface area contributed by atoms with Crippen molar-refractivity contribution in [3.05, 3.63) is 11.3 Å². The van der Waals surface area contributed by atoms with E-state index < -0.39 is 0 Å². The zero-order valence-electron chi connectivity index (χ0n) is 8.42. The molecular formula is C9H15N3O2. The Morgan fingerprint density at radius 2 is 2.29 bits per heavy atom. The second-order valence-electron chi connectivity index (χ2n) is 3.20. The van der Waals surface area contributed by atoms with E-state index >= 15 is 0 Å². The Morgan fingerprint density at radius 3 is 2.79 bits per heavy atom. The van der Waals surface area contributed by atoms with Crippen molar-refractivity contribution in [3.63, 3.8) is 0 Å². The minimum atomic E-state index is -0.117. The van der Waals surface area contributed by atoms with Gasteiger partial charge in [0.05, 0.1) is 0 Å². The predicted molar refractivity (Wildman–Crippen MR) is 53.0 cm³/mol. The number of aryl methyl sites for hydroxylation is 1. The van der Waals surface area contributed by atoms with Crippen LogP contribution < -0.4 is 5.32 Å². The second kappa shape index (κ2) is 4.76. The number of amides is 1. The van der Waals surface area contributed by atoms with Crippen LogP contribution in [0.3, 0.4) is 0 Å². The molecule has 0 saturated carbocycles. The van der Waals surface area contributed by atoms with E-state index in [-0.39, 0.29) is 12.5 Å². The maximum Gasteiger partial charge on any atom is 0.225 e. The smallest absolute Gasteiger partial charge is 0.225 e. The summed E-state index contributed by atoms with van der Waals surface area (Å²) < 4.78 is 0. The molecule has 0 spiro atoms. The molecule has 78 valence electrons. The van der Waals surface area contributed by atoms with E-state index in [1.165, 1.54) is 0 Å². The normalized spacial score (nSPS) is 10.2. The van der Waals surface area contributed by atoms with E-state index in [4.69, 9.17) is 5.11 Å². The van der Waals surface area contributed by atoms with Gasteiger partial charge in [-0.3, -0.25) is 9.89 Å². The van der Waals surface area contributed by atoms with Crippen molar-refractivity contribution in [2.75, 3.05) is 11.9 Å². The molecule has 0 aliphatic carbocycles. The molecule has 0 saturated heterocycles. The van der Waals surface area contributed by atoms with Gasteiger partial charge in [0, 0.05) is 24.3 Å². The fourth-order valence-corrected chi connectivity index (χ4v) is 1.04. The van der Waals surface area contributed by atoms with Crippen molar-refractivity contribution < 1.29 is 9.90 Å². The highest BCUT2D eigenvalue weighted by atomic mass is 16.3. The molecule has 1 amide bonds. The third-order valence-electron chi connectivity index (χ3n) is 2.07. The minimum absolute atomic E-state index is 0.0337. The van der Waals surface area contributed by atoms with Crippen molar-refractivity contribution >= 4 is 11.7 Å². The van der Waals surface area contributed by atoms with Gasteiger partial charge in [-0.25, -0.2) is 0 Å². The summed E-state index contributed by atoms with van der Waals surface area (Å²) in [7, 11) is 0. The lowest BCUT2D eigenvalue weighted by molar-refractivity contribution is -0.116. The Hall–Kier alpha value is -1.36. The molecule has 0 aliphatic heterocycles. The Labute approximate surface area is 82.5 Å². The van der Waals surface area contributed by atoms with Crippen LogP contribution in [0.5, 0.6) is 0 Å². The number of carbonyl (C=O) groups excluding carboxylic acids is 1. The lowest BCUT2D eigenvalue weighted by atomic mass is 10.2. The number of aliphatic hydroxyl groups excluding tert-OH is 1. The van der Waals surface area contributed by atoms with E-state index in [0.717, 1.165) is 11.3 Å². The molecule has 0 aromatic carbocycles. The lowest BCUT2D eigenvalue weighted by Gasteiger charge is -2.01. The fourth-order valence-electron chi connectivity index (χ4n) is 1.04. The van der Waals surface area contributed by atoms with Crippen LogP contribution in [0.25, 0.3) is 0 Å². The molecule has 5 heteroatoms. The summed E-state index contributed by atoms with van der Waals surface area (Å²) in [6, 6.07) is 0. The molecule has 1 rings (SSSR count). The fraction of sp³-hybridized carbons (Fsp3) is 0.556. The van der Waals surface area contributed by atoms with Crippen LogP contribution in [-0.2, 0) is 4.79 Å². The molecule has 1 heterocycles. The van der Waals surface area contributed by atoms with E-state index in [2.05, 4.69) is 15.5 Å². The highest BCUT2D eigenvalue weighted by Crippen LogP contribution is 2.13. The minimum Gasteiger partial charge on any atom is -0.396 e. The summed E-state index contributed by atoms with van der Waals surface area (Å²) in [5.41, 5.74) is 1.89. The third-order valence-corrected chi connectivity index (χ3v) is 2.07. The standard InChI is InChI=1S/C9H15N3O2/c1-6-7(2)11-12-9(6)10-8(14)4-3-5-13/h13H,3-5H2,1-2H3,(H2,10,11,12,14). The van der Waals surface area contributed by atoms with Crippen LogP contribution in [0.1, 0.15) is 24.1 Å². The summed E-state index contributed by atoms with van der Waals surface area (Å²) >= 11 is 0. The molecular weight excluding hydrogens is 182 g/mol. The SMILES string of the molecule is Cc1[nH]nc(NC(=O)CCCO)c1C. The summed E-state index contributed by atoms with van der Waals surface area (Å²) in [6.07, 6.45) is 0.802. The Morgan fingerprint density at radius 1 is 1.57 bits per heavy atom. The van der Waals surface area contributed by atoms with Gasteiger partial charge in [0.2, 0.25) is 5.91 Å². The average Bonchev–Trinajstić information content (AvgIpc) is 2.46. The van der Waals surface area contributed by atoms with Crippen LogP contribution in [-0.4, -0.2) is 27.8 Å². The topological polar surface area (TPSA) is 78.0 Å². The zero-order valence-corrected chi connectivity index (χ0v) is 8.42. The summed E-state index contributed by atoms with van der Waals surface area (Å²) in [4.78, 5) is 11.3. The molecule has 0 fully saturated rings. The van der Waals surface area contributed by atoms with Gasteiger partial charge in [-0.1, -0.05) is 0 Å². The molecule has 0 radical (unpaired) electrons. The highest BCUT2D eigenvalue weighted by Gasteiger charge is 2.08. The molecule has 1 aromatic heterocycles. The number of anilines is 1. The van der Waals surface area contributed by atoms with Crippen LogP contribution in [0, 0.1) is 13.8 Å². The molecule has 14 heavy (non-hydrogen) atoms. The number of carbonyl (C=O) groups is 1. The van der Waals surface area contributed by atoms with Gasteiger partial charge in [-0.15, -0.1) is 0 Å². The number of aromatic nitrogens is 2. The maximum atomic E-state index is 11.3. The Balaban J connectivity index is 2.52. The largest absolute Gasteiger partial charge is 0.396 e. The number of hydrogen-bond donors (Lipinski definition) is 3. The van der Waals surface area contributed by atoms with Gasteiger partial charge in [-0.05, 0) is 20.3 Å². The highest BCUT2D eigenvalue weighted by molar-refractivity contribution is 5.90. The number of aromatic amines is 1. The van der Waals surface area contributed by atoms with Crippen molar-refractivity contribution in [2.45, 2.75) is 26.7 Å². The second-order valence-corrected chi connectivity index (χ2v) is 3.20. The predicted octanol–water partition coefficient (Wildman–Crippen LogP) is 0.738. The molecule has 5 nitrogen and oxygen atoms in total. The molecule has 1 aromatic rings. The number of nitrogens with one attached hydrogen (secondary N) is 2. The molecule has 0 aliphatic rings. The van der Waals surface area contributed by atoms with E-state index in [9.17, 15) is 4.79 Å². The van der Waals surface area contributed by atoms with Crippen LogP contribution in [0.2, 0.25) is 0 Å². The first-order valence-electron chi connectivity index (χ1n) is 4.57. The van der Waals surface area contributed by atoms with Gasteiger partial charge in [0.15, 0.2) is 5.82 Å². The number of nitrogens with zero attached hydrogens (tertiary/aromatic N) is 1. The zero-order chi connectivity index (χ0) is 10.6. The monoisotopic (exact) mass is 197 g/mol.